The lowest BCUT2D eigenvalue weighted by atomic mass is 10.1. The van der Waals surface area contributed by atoms with Crippen molar-refractivity contribution in [2.45, 2.75) is 31.8 Å². The van der Waals surface area contributed by atoms with E-state index in [9.17, 15) is 9.59 Å². The molecule has 0 bridgehead atoms. The molecule has 86 valence electrons. The predicted octanol–water partition coefficient (Wildman–Crippen LogP) is 0.0184. The summed E-state index contributed by atoms with van der Waals surface area (Å²) in [6.45, 7) is 1.89. The SMILES string of the molecule is CCC[C@@H](NC(=O)C1CSCN1)C(=O)O. The van der Waals surface area contributed by atoms with Gasteiger partial charge in [0.15, 0.2) is 0 Å². The van der Waals surface area contributed by atoms with Gasteiger partial charge in [-0.2, -0.15) is 0 Å². The van der Waals surface area contributed by atoms with E-state index in [1.54, 1.807) is 11.8 Å². The van der Waals surface area contributed by atoms with Crippen LogP contribution in [0, 0.1) is 0 Å². The van der Waals surface area contributed by atoms with Gasteiger partial charge in [0.05, 0.1) is 6.04 Å². The Morgan fingerprint density at radius 2 is 2.40 bits per heavy atom. The number of nitrogens with one attached hydrogen (secondary N) is 2. The summed E-state index contributed by atoms with van der Waals surface area (Å²) in [5, 5.41) is 14.4. The Labute approximate surface area is 93.0 Å². The molecule has 6 heteroatoms. The van der Waals surface area contributed by atoms with Gasteiger partial charge in [0.1, 0.15) is 6.04 Å². The van der Waals surface area contributed by atoms with Crippen LogP contribution < -0.4 is 10.6 Å². The van der Waals surface area contributed by atoms with Crippen LogP contribution in [0.25, 0.3) is 0 Å². The van der Waals surface area contributed by atoms with E-state index in [0.717, 1.165) is 12.3 Å². The van der Waals surface area contributed by atoms with Gasteiger partial charge in [0.25, 0.3) is 0 Å². The van der Waals surface area contributed by atoms with Crippen LogP contribution in [-0.4, -0.2) is 40.7 Å². The van der Waals surface area contributed by atoms with Crippen molar-refractivity contribution in [3.05, 3.63) is 0 Å². The first-order valence-corrected chi connectivity index (χ1v) is 6.15. The fourth-order valence-electron chi connectivity index (χ4n) is 1.38. The van der Waals surface area contributed by atoms with Crippen molar-refractivity contribution in [1.29, 1.82) is 0 Å². The second kappa shape index (κ2) is 5.97. The number of amides is 1. The van der Waals surface area contributed by atoms with Crippen molar-refractivity contribution >= 4 is 23.6 Å². The molecule has 0 aromatic heterocycles. The highest BCUT2D eigenvalue weighted by Gasteiger charge is 2.26. The number of carboxylic acid groups (broad SMARTS) is 1. The number of aliphatic carboxylic acids is 1. The van der Waals surface area contributed by atoms with Gasteiger partial charge >= 0.3 is 5.97 Å². The third-order valence-electron chi connectivity index (χ3n) is 2.22. The Kier molecular flexibility index (Phi) is 4.90. The highest BCUT2D eigenvalue weighted by Crippen LogP contribution is 2.10. The standard InChI is InChI=1S/C9H16N2O3S/c1-2-3-6(9(13)14)11-8(12)7-4-15-5-10-7/h6-7,10H,2-5H2,1H3,(H,11,12)(H,13,14)/t6-,7?/m1/s1. The monoisotopic (exact) mass is 232 g/mol. The molecule has 1 fully saturated rings. The van der Waals surface area contributed by atoms with E-state index in [4.69, 9.17) is 5.11 Å². The molecule has 1 unspecified atom stereocenters. The zero-order chi connectivity index (χ0) is 11.3. The van der Waals surface area contributed by atoms with Gasteiger partial charge in [-0.15, -0.1) is 11.8 Å². The molecule has 1 aliphatic rings. The summed E-state index contributed by atoms with van der Waals surface area (Å²) < 4.78 is 0. The van der Waals surface area contributed by atoms with Gasteiger partial charge < -0.3 is 10.4 Å². The molecule has 0 spiro atoms. The van der Waals surface area contributed by atoms with Crippen molar-refractivity contribution in [2.24, 2.45) is 0 Å². The molecule has 1 amide bonds. The van der Waals surface area contributed by atoms with E-state index in [0.29, 0.717) is 12.2 Å². The van der Waals surface area contributed by atoms with Crippen LogP contribution in [0.5, 0.6) is 0 Å². The maximum atomic E-state index is 11.6. The molecule has 15 heavy (non-hydrogen) atoms. The molecule has 0 saturated carbocycles. The van der Waals surface area contributed by atoms with Crippen molar-refractivity contribution in [2.75, 3.05) is 11.6 Å². The van der Waals surface area contributed by atoms with E-state index in [1.807, 2.05) is 6.92 Å². The van der Waals surface area contributed by atoms with E-state index in [2.05, 4.69) is 10.6 Å². The highest BCUT2D eigenvalue weighted by molar-refractivity contribution is 7.99. The lowest BCUT2D eigenvalue weighted by molar-refractivity contribution is -0.142. The number of rotatable bonds is 5. The van der Waals surface area contributed by atoms with Crippen molar-refractivity contribution in [3.8, 4) is 0 Å². The van der Waals surface area contributed by atoms with Crippen molar-refractivity contribution < 1.29 is 14.7 Å². The normalized spacial score (nSPS) is 22.3. The van der Waals surface area contributed by atoms with Crippen LogP contribution >= 0.6 is 11.8 Å². The van der Waals surface area contributed by atoms with Gasteiger partial charge in [-0.3, -0.25) is 10.1 Å². The fraction of sp³-hybridized carbons (Fsp3) is 0.778. The van der Waals surface area contributed by atoms with Gasteiger partial charge in [0, 0.05) is 11.6 Å². The van der Waals surface area contributed by atoms with Crippen LogP contribution in [0.1, 0.15) is 19.8 Å². The zero-order valence-corrected chi connectivity index (χ0v) is 9.47. The highest BCUT2D eigenvalue weighted by atomic mass is 32.2. The number of carbonyl (C=O) groups is 2. The molecule has 5 nitrogen and oxygen atoms in total. The molecule has 1 saturated heterocycles. The Morgan fingerprint density at radius 3 is 2.87 bits per heavy atom. The minimum Gasteiger partial charge on any atom is -0.480 e. The summed E-state index contributed by atoms with van der Waals surface area (Å²) >= 11 is 1.64. The third-order valence-corrected chi connectivity index (χ3v) is 3.16. The fourth-order valence-corrected chi connectivity index (χ4v) is 2.32. The molecular weight excluding hydrogens is 216 g/mol. The van der Waals surface area contributed by atoms with E-state index < -0.39 is 12.0 Å². The lowest BCUT2D eigenvalue weighted by Gasteiger charge is -2.16. The van der Waals surface area contributed by atoms with Gasteiger partial charge in [-0.1, -0.05) is 13.3 Å². The average Bonchev–Trinajstić information content (AvgIpc) is 2.69. The summed E-state index contributed by atoms with van der Waals surface area (Å²) in [6.07, 6.45) is 1.21. The maximum Gasteiger partial charge on any atom is 0.326 e. The molecule has 0 aromatic rings. The topological polar surface area (TPSA) is 78.4 Å². The first kappa shape index (κ1) is 12.3. The summed E-state index contributed by atoms with van der Waals surface area (Å²) in [6, 6.07) is -0.997. The Bertz CT molecular complexity index is 242. The van der Waals surface area contributed by atoms with Crippen LogP contribution in [-0.2, 0) is 9.59 Å². The number of hydrogen-bond donors (Lipinski definition) is 3. The average molecular weight is 232 g/mol. The molecule has 0 aromatic carbocycles. The summed E-state index contributed by atoms with van der Waals surface area (Å²) in [5.74, 6) is 0.296. The van der Waals surface area contributed by atoms with Crippen LogP contribution in [0.15, 0.2) is 0 Å². The van der Waals surface area contributed by atoms with E-state index in [-0.39, 0.29) is 11.9 Å². The van der Waals surface area contributed by atoms with Gasteiger partial charge in [0.2, 0.25) is 5.91 Å². The quantitative estimate of drug-likeness (QED) is 0.623. The molecule has 3 N–H and O–H groups in total. The molecular formula is C9H16N2O3S. The lowest BCUT2D eigenvalue weighted by Crippen LogP contribution is -2.49. The zero-order valence-electron chi connectivity index (χ0n) is 8.66. The summed E-state index contributed by atoms with van der Waals surface area (Å²) in [7, 11) is 0. The predicted molar refractivity (Wildman–Crippen MR) is 58.7 cm³/mol. The van der Waals surface area contributed by atoms with Crippen LogP contribution in [0.3, 0.4) is 0 Å². The minimum atomic E-state index is -0.962. The summed E-state index contributed by atoms with van der Waals surface area (Å²) in [5.41, 5.74) is 0. The number of thioether (sulfide) groups is 1. The minimum absolute atomic E-state index is 0.208. The van der Waals surface area contributed by atoms with Gasteiger partial charge in [-0.05, 0) is 6.42 Å². The maximum absolute atomic E-state index is 11.6. The molecule has 1 aliphatic heterocycles. The number of carbonyl (C=O) groups excluding carboxylic acids is 1. The van der Waals surface area contributed by atoms with E-state index >= 15 is 0 Å². The number of hydrogen-bond acceptors (Lipinski definition) is 4. The largest absolute Gasteiger partial charge is 0.480 e. The molecule has 2 atom stereocenters. The summed E-state index contributed by atoms with van der Waals surface area (Å²) in [4.78, 5) is 22.4. The third kappa shape index (κ3) is 3.71. The molecule has 0 radical (unpaired) electrons. The first-order valence-electron chi connectivity index (χ1n) is 4.99. The van der Waals surface area contributed by atoms with Gasteiger partial charge in [-0.25, -0.2) is 4.79 Å². The Balaban J connectivity index is 2.42. The van der Waals surface area contributed by atoms with Crippen LogP contribution in [0.4, 0.5) is 0 Å². The number of carboxylic acids is 1. The smallest absolute Gasteiger partial charge is 0.326 e. The second-order valence-electron chi connectivity index (χ2n) is 3.46. The van der Waals surface area contributed by atoms with Crippen molar-refractivity contribution in [1.82, 2.24) is 10.6 Å². The second-order valence-corrected chi connectivity index (χ2v) is 4.49. The molecule has 0 aliphatic carbocycles. The Morgan fingerprint density at radius 1 is 1.67 bits per heavy atom. The van der Waals surface area contributed by atoms with Crippen LogP contribution in [0.2, 0.25) is 0 Å². The molecule has 1 heterocycles. The molecule has 1 rings (SSSR count). The van der Waals surface area contributed by atoms with E-state index in [1.165, 1.54) is 0 Å². The van der Waals surface area contributed by atoms with Crippen molar-refractivity contribution in [3.63, 3.8) is 0 Å². The Hall–Kier alpha value is -0.750. The first-order chi connectivity index (χ1) is 7.15.